The van der Waals surface area contributed by atoms with Crippen LogP contribution in [0, 0.1) is 12.8 Å². The summed E-state index contributed by atoms with van der Waals surface area (Å²) >= 11 is 1.98. The van der Waals surface area contributed by atoms with Crippen LogP contribution in [0.2, 0.25) is 0 Å². The van der Waals surface area contributed by atoms with Gasteiger partial charge in [-0.05, 0) is 25.5 Å². The van der Waals surface area contributed by atoms with E-state index < -0.39 is 0 Å². The number of hydrogen-bond donors (Lipinski definition) is 1. The first kappa shape index (κ1) is 13.5. The zero-order valence-electron chi connectivity index (χ0n) is 10.5. The molecule has 4 nitrogen and oxygen atoms in total. The molecule has 0 aromatic carbocycles. The van der Waals surface area contributed by atoms with Crippen molar-refractivity contribution >= 4 is 11.8 Å². The fourth-order valence-corrected chi connectivity index (χ4v) is 2.29. The van der Waals surface area contributed by atoms with Crippen molar-refractivity contribution < 1.29 is 4.52 Å². The van der Waals surface area contributed by atoms with E-state index in [1.807, 2.05) is 18.7 Å². The molecule has 1 rings (SSSR count). The van der Waals surface area contributed by atoms with E-state index in [-0.39, 0.29) is 0 Å². The topological polar surface area (TPSA) is 51.0 Å². The summed E-state index contributed by atoms with van der Waals surface area (Å²) in [7, 11) is 0. The van der Waals surface area contributed by atoms with E-state index in [9.17, 15) is 0 Å². The molecule has 0 aliphatic carbocycles. The summed E-state index contributed by atoms with van der Waals surface area (Å²) in [5.41, 5.74) is 0. The minimum atomic E-state index is 0.468. The largest absolute Gasteiger partial charge is 0.338 e. The van der Waals surface area contributed by atoms with Crippen molar-refractivity contribution in [3.63, 3.8) is 0 Å². The monoisotopic (exact) mass is 243 g/mol. The Kier molecular flexibility index (Phi) is 5.84. The van der Waals surface area contributed by atoms with E-state index in [0.717, 1.165) is 11.7 Å². The lowest BCUT2D eigenvalue weighted by Gasteiger charge is -2.12. The minimum absolute atomic E-state index is 0.468. The number of rotatable bonds is 7. The van der Waals surface area contributed by atoms with Gasteiger partial charge in [0.25, 0.3) is 0 Å². The summed E-state index contributed by atoms with van der Waals surface area (Å²) in [4.78, 5) is 4.14. The summed E-state index contributed by atoms with van der Waals surface area (Å²) in [6, 6.07) is 0.468. The molecule has 0 saturated heterocycles. The van der Waals surface area contributed by atoms with E-state index in [4.69, 9.17) is 4.52 Å². The molecule has 1 heterocycles. The Morgan fingerprint density at radius 2 is 2.06 bits per heavy atom. The number of aryl methyl sites for hydroxylation is 1. The molecule has 92 valence electrons. The molecule has 1 unspecified atom stereocenters. The molecule has 1 aromatic heterocycles. The molecule has 0 radical (unpaired) electrons. The fraction of sp³-hybridized carbons (Fsp3) is 0.818. The van der Waals surface area contributed by atoms with E-state index >= 15 is 0 Å². The third kappa shape index (κ3) is 5.51. The summed E-state index contributed by atoms with van der Waals surface area (Å²) in [5, 5.41) is 7.12. The first-order valence-electron chi connectivity index (χ1n) is 5.68. The third-order valence-corrected chi connectivity index (χ3v) is 3.63. The Morgan fingerprint density at radius 3 is 2.62 bits per heavy atom. The van der Waals surface area contributed by atoms with Gasteiger partial charge in [-0.3, -0.25) is 0 Å². The smallest absolute Gasteiger partial charge is 0.240 e. The van der Waals surface area contributed by atoms with E-state index in [1.54, 1.807) is 0 Å². The molecule has 0 bridgehead atoms. The molecular formula is C11H21N3OS. The van der Waals surface area contributed by atoms with E-state index in [0.29, 0.717) is 24.3 Å². The normalized spacial score (nSPS) is 13.3. The van der Waals surface area contributed by atoms with Crippen LogP contribution in [-0.4, -0.2) is 27.7 Å². The summed E-state index contributed by atoms with van der Waals surface area (Å²) in [6.07, 6.45) is 0. The maximum Gasteiger partial charge on any atom is 0.240 e. The molecular weight excluding hydrogens is 222 g/mol. The van der Waals surface area contributed by atoms with Crippen molar-refractivity contribution in [3.8, 4) is 0 Å². The average molecular weight is 243 g/mol. The Hall–Kier alpha value is -0.550. The fourth-order valence-electron chi connectivity index (χ4n) is 1.21. The quantitative estimate of drug-likeness (QED) is 0.796. The molecule has 16 heavy (non-hydrogen) atoms. The highest BCUT2D eigenvalue weighted by atomic mass is 32.2. The summed E-state index contributed by atoms with van der Waals surface area (Å²) in [6.45, 7) is 9.15. The highest BCUT2D eigenvalue weighted by molar-refractivity contribution is 7.99. The van der Waals surface area contributed by atoms with Crippen molar-refractivity contribution in [2.45, 2.75) is 40.3 Å². The molecule has 0 amide bonds. The van der Waals surface area contributed by atoms with Crippen LogP contribution < -0.4 is 5.32 Å². The Bertz CT molecular complexity index is 301. The van der Waals surface area contributed by atoms with Crippen molar-refractivity contribution in [2.75, 3.05) is 11.5 Å². The minimum Gasteiger partial charge on any atom is -0.338 e. The van der Waals surface area contributed by atoms with Crippen molar-refractivity contribution in [3.05, 3.63) is 11.7 Å². The lowest BCUT2D eigenvalue weighted by molar-refractivity contribution is 0.359. The highest BCUT2D eigenvalue weighted by Gasteiger charge is 2.06. The molecule has 0 fully saturated rings. The number of nitrogens with zero attached hydrogens (tertiary/aromatic N) is 2. The van der Waals surface area contributed by atoms with Crippen LogP contribution in [0.4, 0.5) is 0 Å². The highest BCUT2D eigenvalue weighted by Crippen LogP contribution is 2.09. The maximum atomic E-state index is 5.03. The van der Waals surface area contributed by atoms with Crippen LogP contribution in [0.5, 0.6) is 0 Å². The molecule has 5 heteroatoms. The summed E-state index contributed by atoms with van der Waals surface area (Å²) < 4.78 is 5.03. The van der Waals surface area contributed by atoms with Gasteiger partial charge in [0, 0.05) is 11.8 Å². The predicted octanol–water partition coefficient (Wildman–Crippen LogP) is 2.25. The lowest BCUT2D eigenvalue weighted by atomic mass is 10.3. The zero-order valence-corrected chi connectivity index (χ0v) is 11.3. The maximum absolute atomic E-state index is 5.03. The molecule has 0 saturated carbocycles. The molecule has 0 spiro atoms. The van der Waals surface area contributed by atoms with Gasteiger partial charge in [-0.25, -0.2) is 0 Å². The van der Waals surface area contributed by atoms with Crippen molar-refractivity contribution in [1.82, 2.24) is 15.5 Å². The second-order valence-corrected chi connectivity index (χ2v) is 5.52. The molecule has 0 aliphatic rings. The van der Waals surface area contributed by atoms with Gasteiger partial charge in [-0.2, -0.15) is 16.7 Å². The van der Waals surface area contributed by atoms with Gasteiger partial charge in [-0.15, -0.1) is 0 Å². The third-order valence-electron chi connectivity index (χ3n) is 1.99. The van der Waals surface area contributed by atoms with Gasteiger partial charge < -0.3 is 9.84 Å². The first-order valence-corrected chi connectivity index (χ1v) is 6.83. The number of nitrogens with one attached hydrogen (secondary N) is 1. The van der Waals surface area contributed by atoms with Crippen LogP contribution in [0.15, 0.2) is 4.52 Å². The lowest BCUT2D eigenvalue weighted by Crippen LogP contribution is -2.28. The predicted molar refractivity (Wildman–Crippen MR) is 67.5 cm³/mol. The van der Waals surface area contributed by atoms with Gasteiger partial charge in [0.2, 0.25) is 5.89 Å². The Morgan fingerprint density at radius 1 is 1.31 bits per heavy atom. The molecule has 1 atom stereocenters. The molecule has 0 aliphatic heterocycles. The first-order chi connectivity index (χ1) is 7.58. The Labute approximate surface area is 102 Å². The van der Waals surface area contributed by atoms with Gasteiger partial charge in [0.15, 0.2) is 5.82 Å². The standard InChI is InChI=1S/C11H21N3OS/c1-8(2)6-16-7-9(3)12-5-11-13-10(4)14-15-11/h8-9,12H,5-7H2,1-4H3. The van der Waals surface area contributed by atoms with Gasteiger partial charge >= 0.3 is 0 Å². The molecule has 1 N–H and O–H groups in total. The Balaban J connectivity index is 2.12. The number of hydrogen-bond acceptors (Lipinski definition) is 5. The molecule has 1 aromatic rings. The van der Waals surface area contributed by atoms with Gasteiger partial charge in [0.05, 0.1) is 6.54 Å². The van der Waals surface area contributed by atoms with Crippen LogP contribution in [0.3, 0.4) is 0 Å². The zero-order chi connectivity index (χ0) is 12.0. The second kappa shape index (κ2) is 6.91. The second-order valence-electron chi connectivity index (χ2n) is 4.45. The van der Waals surface area contributed by atoms with Gasteiger partial charge in [-0.1, -0.05) is 19.0 Å². The van der Waals surface area contributed by atoms with E-state index in [2.05, 4.69) is 36.2 Å². The van der Waals surface area contributed by atoms with Crippen LogP contribution in [0.25, 0.3) is 0 Å². The van der Waals surface area contributed by atoms with Crippen molar-refractivity contribution in [1.29, 1.82) is 0 Å². The number of aromatic nitrogens is 2. The van der Waals surface area contributed by atoms with Gasteiger partial charge in [0.1, 0.15) is 0 Å². The summed E-state index contributed by atoms with van der Waals surface area (Å²) in [5.74, 6) is 4.45. The van der Waals surface area contributed by atoms with Crippen molar-refractivity contribution in [2.24, 2.45) is 5.92 Å². The SMILES string of the molecule is Cc1noc(CNC(C)CSCC(C)C)n1. The van der Waals surface area contributed by atoms with Crippen LogP contribution >= 0.6 is 11.8 Å². The van der Waals surface area contributed by atoms with Crippen LogP contribution in [0.1, 0.15) is 32.5 Å². The van der Waals surface area contributed by atoms with E-state index in [1.165, 1.54) is 5.75 Å². The van der Waals surface area contributed by atoms with Crippen LogP contribution in [-0.2, 0) is 6.54 Å². The average Bonchev–Trinajstić information content (AvgIpc) is 2.61. The number of thioether (sulfide) groups is 1.